The SMILES string of the molecule is CN(Nc1ccc(-c2nc(NC(=O)C3CC3)nc3nc[nH]c23)cc1)SOc1ccc(F)c(F)c1.S. The van der Waals surface area contributed by atoms with Gasteiger partial charge in [0.25, 0.3) is 0 Å². The maximum atomic E-state index is 13.3. The fourth-order valence-corrected chi connectivity index (χ4v) is 3.63. The molecule has 182 valence electrons. The van der Waals surface area contributed by atoms with Crippen LogP contribution in [0.5, 0.6) is 5.75 Å². The molecule has 2 aromatic carbocycles. The fourth-order valence-electron chi connectivity index (χ4n) is 3.19. The van der Waals surface area contributed by atoms with Crippen LogP contribution in [-0.2, 0) is 4.79 Å². The van der Waals surface area contributed by atoms with E-state index in [1.54, 1.807) is 11.5 Å². The number of hydrogen-bond acceptors (Lipinski definition) is 8. The van der Waals surface area contributed by atoms with Crippen LogP contribution < -0.4 is 14.9 Å². The lowest BCUT2D eigenvalue weighted by atomic mass is 10.1. The number of aromatic amines is 1. The number of carbonyl (C=O) groups is 1. The van der Waals surface area contributed by atoms with Crippen molar-refractivity contribution in [2.45, 2.75) is 12.8 Å². The number of rotatable bonds is 8. The van der Waals surface area contributed by atoms with Gasteiger partial charge < -0.3 is 14.6 Å². The molecule has 1 aliphatic carbocycles. The molecule has 1 amide bonds. The second-order valence-corrected chi connectivity index (χ2v) is 8.54. The highest BCUT2D eigenvalue weighted by atomic mass is 32.2. The van der Waals surface area contributed by atoms with Gasteiger partial charge in [0.1, 0.15) is 17.0 Å². The Hall–Kier alpha value is -3.42. The van der Waals surface area contributed by atoms with E-state index in [4.69, 9.17) is 4.18 Å². The molecule has 1 aliphatic rings. The number of hydrogen-bond donors (Lipinski definition) is 3. The summed E-state index contributed by atoms with van der Waals surface area (Å²) in [5.74, 6) is -1.54. The van der Waals surface area contributed by atoms with Crippen molar-refractivity contribution in [1.29, 1.82) is 0 Å². The van der Waals surface area contributed by atoms with Gasteiger partial charge in [0, 0.05) is 30.3 Å². The third-order valence-electron chi connectivity index (χ3n) is 5.05. The summed E-state index contributed by atoms with van der Waals surface area (Å²) < 4.78 is 33.3. The highest BCUT2D eigenvalue weighted by molar-refractivity contribution is 7.92. The predicted molar refractivity (Wildman–Crippen MR) is 135 cm³/mol. The average Bonchev–Trinajstić information content (AvgIpc) is 3.58. The lowest BCUT2D eigenvalue weighted by molar-refractivity contribution is -0.117. The van der Waals surface area contributed by atoms with Gasteiger partial charge >= 0.3 is 0 Å². The molecule has 0 bridgehead atoms. The van der Waals surface area contributed by atoms with Crippen LogP contribution in [0.2, 0.25) is 0 Å². The van der Waals surface area contributed by atoms with Crippen LogP contribution >= 0.6 is 25.7 Å². The molecule has 13 heteroatoms. The minimum atomic E-state index is -0.976. The quantitative estimate of drug-likeness (QED) is 0.176. The van der Waals surface area contributed by atoms with Crippen molar-refractivity contribution >= 4 is 54.4 Å². The molecule has 0 unspecified atom stereocenters. The van der Waals surface area contributed by atoms with Gasteiger partial charge in [-0.2, -0.15) is 18.5 Å². The van der Waals surface area contributed by atoms with E-state index in [1.807, 2.05) is 24.3 Å². The average molecular weight is 518 g/mol. The van der Waals surface area contributed by atoms with Gasteiger partial charge in [-0.1, -0.05) is 12.1 Å². The van der Waals surface area contributed by atoms with E-state index in [0.717, 1.165) is 48.5 Å². The fraction of sp³-hybridized carbons (Fsp3) is 0.182. The number of benzene rings is 2. The number of aromatic nitrogens is 4. The Labute approximate surface area is 210 Å². The van der Waals surface area contributed by atoms with Crippen LogP contribution in [0.25, 0.3) is 22.4 Å². The van der Waals surface area contributed by atoms with Crippen LogP contribution in [0.1, 0.15) is 12.8 Å². The number of fused-ring (bicyclic) bond motifs is 1. The molecule has 0 radical (unpaired) electrons. The van der Waals surface area contributed by atoms with Crippen LogP contribution in [0.3, 0.4) is 0 Å². The molecule has 0 spiro atoms. The third-order valence-corrected chi connectivity index (χ3v) is 5.63. The van der Waals surface area contributed by atoms with Crippen LogP contribution in [0.4, 0.5) is 20.4 Å². The van der Waals surface area contributed by atoms with Crippen molar-refractivity contribution in [2.24, 2.45) is 5.92 Å². The number of nitrogens with zero attached hydrogens (tertiary/aromatic N) is 4. The zero-order valence-electron chi connectivity index (χ0n) is 18.4. The molecule has 5 rings (SSSR count). The van der Waals surface area contributed by atoms with E-state index in [1.165, 1.54) is 12.4 Å². The Morgan fingerprint density at radius 3 is 2.63 bits per heavy atom. The largest absolute Gasteiger partial charge is 0.408 e. The van der Waals surface area contributed by atoms with Gasteiger partial charge in [0.15, 0.2) is 29.5 Å². The number of imidazole rings is 1. The first-order valence-electron chi connectivity index (χ1n) is 10.4. The first-order chi connectivity index (χ1) is 16.5. The number of carbonyl (C=O) groups excluding carboxylic acids is 1. The van der Waals surface area contributed by atoms with E-state index in [-0.39, 0.29) is 37.0 Å². The number of anilines is 2. The molecule has 2 heterocycles. The first kappa shape index (κ1) is 24.7. The van der Waals surface area contributed by atoms with Crippen molar-refractivity contribution < 1.29 is 17.8 Å². The normalized spacial score (nSPS) is 12.9. The molecule has 2 aromatic heterocycles. The highest BCUT2D eigenvalue weighted by Gasteiger charge is 2.30. The molecule has 0 saturated heterocycles. The van der Waals surface area contributed by atoms with Gasteiger partial charge in [-0.15, -0.1) is 4.41 Å². The van der Waals surface area contributed by atoms with Crippen molar-refractivity contribution in [2.75, 3.05) is 17.8 Å². The standard InChI is InChI=1S/C22H19F2N7O2S.H2S/c1-31(34-33-15-8-9-16(23)17(24)10-15)30-14-6-4-12(5-7-14)18-19-20(26-11-25-19)28-22(27-18)29-21(32)13-2-3-13;/h4-11,13,30H,2-3H2,1H3,(H2,25,26,27,28,29,32);1H2. The highest BCUT2D eigenvalue weighted by Crippen LogP contribution is 2.31. The summed E-state index contributed by atoms with van der Waals surface area (Å²) in [6.45, 7) is 0. The summed E-state index contributed by atoms with van der Waals surface area (Å²) in [5, 5.41) is 2.77. The molecule has 9 nitrogen and oxygen atoms in total. The van der Waals surface area contributed by atoms with Gasteiger partial charge in [-0.05, 0) is 37.1 Å². The molecular formula is C22H21F2N7O2S2. The summed E-state index contributed by atoms with van der Waals surface area (Å²) in [7, 11) is 1.71. The third kappa shape index (κ3) is 5.81. The van der Waals surface area contributed by atoms with Crippen molar-refractivity contribution in [3.63, 3.8) is 0 Å². The number of nitrogens with one attached hydrogen (secondary N) is 3. The summed E-state index contributed by atoms with van der Waals surface area (Å²) in [6, 6.07) is 10.7. The van der Waals surface area contributed by atoms with Crippen molar-refractivity contribution in [1.82, 2.24) is 24.4 Å². The summed E-state index contributed by atoms with van der Waals surface area (Å²) in [4.78, 5) is 28.2. The van der Waals surface area contributed by atoms with E-state index < -0.39 is 11.6 Å². The Bertz CT molecular complexity index is 1350. The maximum Gasteiger partial charge on any atom is 0.232 e. The molecule has 3 N–H and O–H groups in total. The van der Waals surface area contributed by atoms with Crippen LogP contribution in [-0.4, -0.2) is 37.3 Å². The number of hydrazine groups is 1. The topological polar surface area (TPSA) is 108 Å². The number of halogens is 2. The molecule has 0 atom stereocenters. The molecule has 0 aliphatic heterocycles. The smallest absolute Gasteiger partial charge is 0.232 e. The molecule has 35 heavy (non-hydrogen) atoms. The van der Waals surface area contributed by atoms with Gasteiger partial charge in [0.05, 0.1) is 6.33 Å². The minimum Gasteiger partial charge on any atom is -0.408 e. The lowest BCUT2D eigenvalue weighted by Crippen LogP contribution is -2.18. The number of amides is 1. The summed E-state index contributed by atoms with van der Waals surface area (Å²) >= 11 is 0.917. The Morgan fingerprint density at radius 1 is 1.14 bits per heavy atom. The van der Waals surface area contributed by atoms with Crippen LogP contribution in [0.15, 0.2) is 48.8 Å². The Morgan fingerprint density at radius 2 is 1.91 bits per heavy atom. The second kappa shape index (κ2) is 10.5. The zero-order chi connectivity index (χ0) is 23.7. The Kier molecular flexibility index (Phi) is 7.38. The van der Waals surface area contributed by atoms with E-state index in [2.05, 4.69) is 30.7 Å². The summed E-state index contributed by atoms with van der Waals surface area (Å²) in [6.07, 6.45) is 3.30. The van der Waals surface area contributed by atoms with E-state index in [9.17, 15) is 13.6 Å². The van der Waals surface area contributed by atoms with E-state index in [0.29, 0.717) is 16.9 Å². The molecule has 4 aromatic rings. The monoisotopic (exact) mass is 517 g/mol. The molecule has 1 fully saturated rings. The molecular weight excluding hydrogens is 496 g/mol. The van der Waals surface area contributed by atoms with Crippen molar-refractivity contribution in [3.8, 4) is 17.0 Å². The van der Waals surface area contributed by atoms with Gasteiger partial charge in [-0.25, -0.2) is 18.7 Å². The zero-order valence-corrected chi connectivity index (χ0v) is 20.2. The maximum absolute atomic E-state index is 13.3. The Balaban J connectivity index is 0.00000289. The lowest BCUT2D eigenvalue weighted by Gasteiger charge is -2.17. The van der Waals surface area contributed by atoms with Crippen LogP contribution in [0, 0.1) is 17.6 Å². The summed E-state index contributed by atoms with van der Waals surface area (Å²) in [5.41, 5.74) is 6.40. The first-order valence-corrected chi connectivity index (χ1v) is 11.1. The molecule has 1 saturated carbocycles. The van der Waals surface area contributed by atoms with Gasteiger partial charge in [-0.3, -0.25) is 10.1 Å². The second-order valence-electron chi connectivity index (χ2n) is 7.68. The van der Waals surface area contributed by atoms with Gasteiger partial charge in [0.2, 0.25) is 11.9 Å². The van der Waals surface area contributed by atoms with Crippen molar-refractivity contribution in [3.05, 3.63) is 60.4 Å². The van der Waals surface area contributed by atoms with E-state index >= 15 is 0 Å². The minimum absolute atomic E-state index is 0. The predicted octanol–water partition coefficient (Wildman–Crippen LogP) is 4.66. The number of H-pyrrole nitrogens is 1.